The van der Waals surface area contributed by atoms with Crippen molar-refractivity contribution in [1.82, 2.24) is 0 Å². The van der Waals surface area contributed by atoms with Crippen LogP contribution < -0.4 is 4.72 Å². The Kier molecular flexibility index (Phi) is 4.38. The van der Waals surface area contributed by atoms with Crippen molar-refractivity contribution in [2.45, 2.75) is 20.8 Å². The van der Waals surface area contributed by atoms with Crippen LogP contribution in [-0.2, 0) is 10.0 Å². The minimum absolute atomic E-state index is 0.112. The van der Waals surface area contributed by atoms with Crippen molar-refractivity contribution in [2.24, 2.45) is 5.92 Å². The number of hydrogen-bond donors (Lipinski definition) is 1. The van der Waals surface area contributed by atoms with Crippen LogP contribution >= 0.6 is 15.9 Å². The highest BCUT2D eigenvalue weighted by molar-refractivity contribution is 9.10. The van der Waals surface area contributed by atoms with Gasteiger partial charge in [0.05, 0.1) is 11.4 Å². The van der Waals surface area contributed by atoms with Crippen molar-refractivity contribution in [3.8, 4) is 0 Å². The molecule has 0 saturated carbocycles. The van der Waals surface area contributed by atoms with E-state index in [9.17, 15) is 8.42 Å². The first-order valence-corrected chi connectivity index (χ1v) is 7.51. The number of nitrogens with one attached hydrogen (secondary N) is 1. The fourth-order valence-corrected chi connectivity index (χ4v) is 3.31. The summed E-state index contributed by atoms with van der Waals surface area (Å²) < 4.78 is 26.8. The van der Waals surface area contributed by atoms with Crippen LogP contribution in [0.25, 0.3) is 0 Å². The third kappa shape index (κ3) is 4.14. The smallest absolute Gasteiger partial charge is 0.233 e. The number of aryl methyl sites for hydroxylation is 1. The van der Waals surface area contributed by atoms with Gasteiger partial charge in [-0.15, -0.1) is 0 Å². The standard InChI is InChI=1S/C11H16BrNO2S/c1-8(2)7-16(14,15)13-11-6-9(3)4-5-10(11)12/h4-6,8,13H,7H2,1-3H3. The Bertz CT molecular complexity index is 469. The summed E-state index contributed by atoms with van der Waals surface area (Å²) in [5.74, 6) is 0.244. The topological polar surface area (TPSA) is 46.2 Å². The molecule has 1 aromatic rings. The van der Waals surface area contributed by atoms with E-state index in [0.29, 0.717) is 5.69 Å². The number of benzene rings is 1. The Morgan fingerprint density at radius 2 is 2.00 bits per heavy atom. The van der Waals surface area contributed by atoms with Gasteiger partial charge in [-0.05, 0) is 46.5 Å². The van der Waals surface area contributed by atoms with Crippen LogP contribution in [0.15, 0.2) is 22.7 Å². The van der Waals surface area contributed by atoms with Crippen LogP contribution in [0, 0.1) is 12.8 Å². The molecular weight excluding hydrogens is 290 g/mol. The highest BCUT2D eigenvalue weighted by Gasteiger charge is 2.14. The lowest BCUT2D eigenvalue weighted by atomic mass is 10.2. The molecule has 0 aliphatic rings. The molecule has 5 heteroatoms. The van der Waals surface area contributed by atoms with E-state index in [1.165, 1.54) is 0 Å². The van der Waals surface area contributed by atoms with Crippen molar-refractivity contribution < 1.29 is 8.42 Å². The van der Waals surface area contributed by atoms with E-state index < -0.39 is 10.0 Å². The molecule has 0 radical (unpaired) electrons. The minimum Gasteiger partial charge on any atom is -0.282 e. The van der Waals surface area contributed by atoms with Gasteiger partial charge in [-0.1, -0.05) is 19.9 Å². The molecule has 1 N–H and O–H groups in total. The second-order valence-electron chi connectivity index (χ2n) is 4.26. The molecule has 90 valence electrons. The maximum atomic E-state index is 11.7. The van der Waals surface area contributed by atoms with Crippen LogP contribution in [0.2, 0.25) is 0 Å². The fourth-order valence-electron chi connectivity index (χ4n) is 1.37. The number of sulfonamides is 1. The predicted octanol–water partition coefficient (Wildman–Crippen LogP) is 3.16. The predicted molar refractivity (Wildman–Crippen MR) is 71.1 cm³/mol. The molecular formula is C11H16BrNO2S. The van der Waals surface area contributed by atoms with Crippen molar-refractivity contribution in [1.29, 1.82) is 0 Å². The molecule has 0 aromatic heterocycles. The lowest BCUT2D eigenvalue weighted by Crippen LogP contribution is -2.20. The Morgan fingerprint density at radius 3 is 2.56 bits per heavy atom. The van der Waals surface area contributed by atoms with Crippen molar-refractivity contribution >= 4 is 31.6 Å². The summed E-state index contributed by atoms with van der Waals surface area (Å²) >= 11 is 3.32. The first kappa shape index (κ1) is 13.5. The van der Waals surface area contributed by atoms with Gasteiger partial charge in [-0.25, -0.2) is 8.42 Å². The molecule has 0 aliphatic heterocycles. The summed E-state index contributed by atoms with van der Waals surface area (Å²) in [6, 6.07) is 5.56. The Labute approximate surface area is 105 Å². The third-order valence-electron chi connectivity index (χ3n) is 1.94. The number of hydrogen-bond acceptors (Lipinski definition) is 2. The monoisotopic (exact) mass is 305 g/mol. The number of rotatable bonds is 4. The van der Waals surface area contributed by atoms with Gasteiger partial charge in [0.1, 0.15) is 0 Å². The average molecular weight is 306 g/mol. The molecule has 0 aliphatic carbocycles. The van der Waals surface area contributed by atoms with Gasteiger partial charge in [0, 0.05) is 4.47 Å². The lowest BCUT2D eigenvalue weighted by molar-refractivity contribution is 0.587. The zero-order valence-electron chi connectivity index (χ0n) is 9.62. The maximum absolute atomic E-state index is 11.7. The number of anilines is 1. The zero-order valence-corrected chi connectivity index (χ0v) is 12.0. The van der Waals surface area contributed by atoms with Gasteiger partial charge in [-0.3, -0.25) is 4.72 Å². The molecule has 0 atom stereocenters. The highest BCUT2D eigenvalue weighted by Crippen LogP contribution is 2.24. The Balaban J connectivity index is 2.92. The van der Waals surface area contributed by atoms with E-state index in [4.69, 9.17) is 0 Å². The van der Waals surface area contributed by atoms with Crippen molar-refractivity contribution in [3.05, 3.63) is 28.2 Å². The van der Waals surface area contributed by atoms with Crippen LogP contribution in [0.5, 0.6) is 0 Å². The van der Waals surface area contributed by atoms with Gasteiger partial charge in [-0.2, -0.15) is 0 Å². The summed E-state index contributed by atoms with van der Waals surface area (Å²) in [6.45, 7) is 5.68. The van der Waals surface area contributed by atoms with Crippen LogP contribution in [0.4, 0.5) is 5.69 Å². The van der Waals surface area contributed by atoms with E-state index in [1.807, 2.05) is 39.0 Å². The average Bonchev–Trinajstić information content (AvgIpc) is 2.08. The highest BCUT2D eigenvalue weighted by atomic mass is 79.9. The SMILES string of the molecule is Cc1ccc(Br)c(NS(=O)(=O)CC(C)C)c1. The molecule has 16 heavy (non-hydrogen) atoms. The third-order valence-corrected chi connectivity index (χ3v) is 4.27. The summed E-state index contributed by atoms with van der Waals surface area (Å²) in [7, 11) is -3.25. The van der Waals surface area contributed by atoms with E-state index in [2.05, 4.69) is 20.7 Å². The first-order chi connectivity index (χ1) is 7.30. The van der Waals surface area contributed by atoms with E-state index >= 15 is 0 Å². The summed E-state index contributed by atoms with van der Waals surface area (Å²) in [5, 5.41) is 0. The first-order valence-electron chi connectivity index (χ1n) is 5.07. The molecule has 0 unspecified atom stereocenters. The Hall–Kier alpha value is -0.550. The summed E-state index contributed by atoms with van der Waals surface area (Å²) in [6.07, 6.45) is 0. The number of halogens is 1. The normalized spacial score (nSPS) is 11.8. The molecule has 1 aromatic carbocycles. The van der Waals surface area contributed by atoms with Gasteiger partial charge in [0.25, 0.3) is 0 Å². The van der Waals surface area contributed by atoms with E-state index in [0.717, 1.165) is 10.0 Å². The molecule has 0 heterocycles. The molecule has 0 saturated heterocycles. The second kappa shape index (κ2) is 5.19. The van der Waals surface area contributed by atoms with Crippen LogP contribution in [0.3, 0.4) is 0 Å². The molecule has 0 spiro atoms. The molecule has 3 nitrogen and oxygen atoms in total. The minimum atomic E-state index is -3.25. The van der Waals surface area contributed by atoms with Crippen molar-refractivity contribution in [2.75, 3.05) is 10.5 Å². The summed E-state index contributed by atoms with van der Waals surface area (Å²) in [4.78, 5) is 0. The van der Waals surface area contributed by atoms with Gasteiger partial charge >= 0.3 is 0 Å². The lowest BCUT2D eigenvalue weighted by Gasteiger charge is -2.11. The largest absolute Gasteiger partial charge is 0.282 e. The molecule has 0 amide bonds. The zero-order chi connectivity index (χ0) is 12.3. The van der Waals surface area contributed by atoms with E-state index in [1.54, 1.807) is 0 Å². The summed E-state index contributed by atoms with van der Waals surface area (Å²) in [5.41, 5.74) is 1.62. The van der Waals surface area contributed by atoms with Crippen LogP contribution in [-0.4, -0.2) is 14.2 Å². The van der Waals surface area contributed by atoms with Crippen molar-refractivity contribution in [3.63, 3.8) is 0 Å². The quantitative estimate of drug-likeness (QED) is 0.929. The van der Waals surface area contributed by atoms with Crippen LogP contribution in [0.1, 0.15) is 19.4 Å². The molecule has 0 bridgehead atoms. The fraction of sp³-hybridized carbons (Fsp3) is 0.455. The van der Waals surface area contributed by atoms with Gasteiger partial charge in [0.2, 0.25) is 10.0 Å². The Morgan fingerprint density at radius 1 is 1.38 bits per heavy atom. The molecule has 0 fully saturated rings. The van der Waals surface area contributed by atoms with Gasteiger partial charge < -0.3 is 0 Å². The van der Waals surface area contributed by atoms with E-state index in [-0.39, 0.29) is 11.7 Å². The second-order valence-corrected chi connectivity index (χ2v) is 6.88. The maximum Gasteiger partial charge on any atom is 0.233 e. The molecule has 1 rings (SSSR count). The van der Waals surface area contributed by atoms with Gasteiger partial charge in [0.15, 0.2) is 0 Å².